The van der Waals surface area contributed by atoms with Crippen molar-refractivity contribution in [3.05, 3.63) is 132 Å². The molecule has 2 unspecified atom stereocenters. The van der Waals surface area contributed by atoms with E-state index in [1.807, 2.05) is 54.6 Å². The van der Waals surface area contributed by atoms with Crippen LogP contribution in [-0.2, 0) is 39.1 Å². The lowest BCUT2D eigenvalue weighted by Crippen LogP contribution is -2.32. The Hall–Kier alpha value is -4.00. The summed E-state index contributed by atoms with van der Waals surface area (Å²) in [6.07, 6.45) is 15.5. The van der Waals surface area contributed by atoms with Crippen LogP contribution in [0.2, 0.25) is 0 Å². The molecular formula is C44H53N2O10P2S+. The fourth-order valence-electron chi connectivity index (χ4n) is 8.61. The average molecular weight is 864 g/mol. The summed E-state index contributed by atoms with van der Waals surface area (Å²) in [7, 11) is -11.3. The molecule has 0 aliphatic carbocycles. The quantitative estimate of drug-likeness (QED) is 0.0188. The highest BCUT2D eigenvalue weighted by atomic mass is 32.2. The van der Waals surface area contributed by atoms with Crippen LogP contribution in [0.5, 0.6) is 0 Å². The largest absolute Gasteiger partial charge is 0.344 e. The molecule has 4 aromatic rings. The summed E-state index contributed by atoms with van der Waals surface area (Å²) in [5, 5.41) is 15.1. The Labute approximate surface area is 347 Å². The first-order chi connectivity index (χ1) is 27.9. The Morgan fingerprint density at radius 3 is 1.98 bits per heavy atom. The molecule has 15 heteroatoms. The lowest BCUT2D eigenvalue weighted by molar-refractivity contribution is -0.438. The van der Waals surface area contributed by atoms with Crippen molar-refractivity contribution in [2.24, 2.45) is 0 Å². The SMILES string of the molecule is CC1(C)C(/C=C/C=C/C=C/C=C2\N(CCCCC(O)(O[PH](=O)O)O[PH](=O)O)c3ccc4ccccc4c3C2(C)C)=[N+](CCCCS(=O)(=O)O)c2ccc3ccccc3c21. The Morgan fingerprint density at radius 1 is 0.746 bits per heavy atom. The van der Waals surface area contributed by atoms with Gasteiger partial charge in [0.2, 0.25) is 5.69 Å². The van der Waals surface area contributed by atoms with Crippen molar-refractivity contribution in [2.45, 2.75) is 76.6 Å². The molecule has 4 aromatic carbocycles. The summed E-state index contributed by atoms with van der Waals surface area (Å²) in [6, 6.07) is 25.0. The van der Waals surface area contributed by atoms with E-state index in [1.165, 1.54) is 16.5 Å². The van der Waals surface area contributed by atoms with E-state index < -0.39 is 32.6 Å². The maximum absolute atomic E-state index is 11.4. The lowest BCUT2D eigenvalue weighted by Gasteiger charge is -2.28. The Balaban J connectivity index is 1.24. The molecule has 0 fully saturated rings. The molecule has 0 aromatic heterocycles. The summed E-state index contributed by atoms with van der Waals surface area (Å²) in [5.74, 6) is -2.92. The topological polar surface area (TPSA) is 174 Å². The molecule has 0 saturated heterocycles. The molecule has 6 rings (SSSR count). The van der Waals surface area contributed by atoms with Gasteiger partial charge >= 0.3 is 16.5 Å². The van der Waals surface area contributed by atoms with Crippen LogP contribution >= 0.6 is 16.5 Å². The van der Waals surface area contributed by atoms with Crippen LogP contribution in [-0.4, -0.2) is 63.0 Å². The van der Waals surface area contributed by atoms with Gasteiger partial charge in [0.25, 0.3) is 16.1 Å². The van der Waals surface area contributed by atoms with Crippen LogP contribution in [0.4, 0.5) is 11.4 Å². The van der Waals surface area contributed by atoms with Gasteiger partial charge in [-0.15, -0.1) is 0 Å². The minimum atomic E-state index is -4.03. The number of fused-ring (bicyclic) bond motifs is 6. The molecule has 0 amide bonds. The van der Waals surface area contributed by atoms with Gasteiger partial charge in [0.1, 0.15) is 6.54 Å². The molecule has 0 bridgehead atoms. The summed E-state index contributed by atoms with van der Waals surface area (Å²) in [4.78, 5) is 20.7. The number of unbranched alkanes of at least 4 members (excludes halogenated alkanes) is 2. The van der Waals surface area contributed by atoms with Gasteiger partial charge in [-0.05, 0) is 78.4 Å². The molecule has 314 valence electrons. The maximum atomic E-state index is 11.4. The van der Waals surface area contributed by atoms with E-state index in [0.717, 1.165) is 38.9 Å². The number of nitrogens with zero attached hydrogens (tertiary/aromatic N) is 2. The number of aliphatic hydroxyl groups is 1. The molecule has 0 spiro atoms. The summed E-state index contributed by atoms with van der Waals surface area (Å²) in [5.41, 5.74) is 5.95. The third-order valence-electron chi connectivity index (χ3n) is 11.1. The van der Waals surface area contributed by atoms with Gasteiger partial charge in [0.05, 0.1) is 11.2 Å². The van der Waals surface area contributed by atoms with Crippen LogP contribution in [0.25, 0.3) is 21.5 Å². The van der Waals surface area contributed by atoms with Crippen molar-refractivity contribution in [3.8, 4) is 0 Å². The van der Waals surface area contributed by atoms with Gasteiger partial charge < -0.3 is 19.8 Å². The fraction of sp³-hybridized carbons (Fsp3) is 0.341. The van der Waals surface area contributed by atoms with E-state index in [1.54, 1.807) is 0 Å². The van der Waals surface area contributed by atoms with E-state index in [0.29, 0.717) is 32.4 Å². The van der Waals surface area contributed by atoms with Crippen molar-refractivity contribution in [2.75, 3.05) is 23.7 Å². The highest BCUT2D eigenvalue weighted by Gasteiger charge is 2.45. The highest BCUT2D eigenvalue weighted by molar-refractivity contribution is 7.85. The van der Waals surface area contributed by atoms with Crippen molar-refractivity contribution in [3.63, 3.8) is 0 Å². The molecule has 59 heavy (non-hydrogen) atoms. The minimum absolute atomic E-state index is 0.262. The van der Waals surface area contributed by atoms with Crippen molar-refractivity contribution in [1.82, 2.24) is 0 Å². The molecule has 12 nitrogen and oxygen atoms in total. The van der Waals surface area contributed by atoms with Gasteiger partial charge in [0, 0.05) is 53.9 Å². The number of hydrogen-bond donors (Lipinski definition) is 4. The fourth-order valence-corrected chi connectivity index (χ4v) is 10.1. The molecule has 2 aliphatic heterocycles. The van der Waals surface area contributed by atoms with Gasteiger partial charge in [-0.3, -0.25) is 22.7 Å². The molecule has 0 radical (unpaired) electrons. The summed E-state index contributed by atoms with van der Waals surface area (Å²) >= 11 is 0. The first-order valence-electron chi connectivity index (χ1n) is 19.6. The predicted molar refractivity (Wildman–Crippen MR) is 236 cm³/mol. The van der Waals surface area contributed by atoms with Crippen LogP contribution in [0.1, 0.15) is 70.9 Å². The van der Waals surface area contributed by atoms with Gasteiger partial charge in [0.15, 0.2) is 5.71 Å². The number of allylic oxidation sites excluding steroid dienone is 8. The number of anilines is 1. The maximum Gasteiger partial charge on any atom is 0.320 e. The molecule has 2 atom stereocenters. The van der Waals surface area contributed by atoms with Crippen molar-refractivity contribution >= 4 is 65.3 Å². The average Bonchev–Trinajstić information content (AvgIpc) is 3.51. The molecule has 2 heterocycles. The van der Waals surface area contributed by atoms with Gasteiger partial charge in [-0.1, -0.05) is 98.8 Å². The van der Waals surface area contributed by atoms with E-state index in [9.17, 15) is 37.0 Å². The monoisotopic (exact) mass is 863 g/mol. The Morgan fingerprint density at radius 2 is 1.34 bits per heavy atom. The zero-order chi connectivity index (χ0) is 42.6. The molecule has 4 N–H and O–H groups in total. The van der Waals surface area contributed by atoms with E-state index in [4.69, 9.17) is 0 Å². The molecular weight excluding hydrogens is 811 g/mol. The van der Waals surface area contributed by atoms with Crippen molar-refractivity contribution < 1.29 is 50.6 Å². The van der Waals surface area contributed by atoms with Gasteiger partial charge in [-0.25, -0.2) is 0 Å². The van der Waals surface area contributed by atoms with E-state index in [2.05, 4.69) is 107 Å². The third-order valence-corrected chi connectivity index (χ3v) is 12.9. The van der Waals surface area contributed by atoms with Crippen LogP contribution in [0.15, 0.2) is 121 Å². The second-order valence-electron chi connectivity index (χ2n) is 15.9. The van der Waals surface area contributed by atoms with E-state index >= 15 is 0 Å². The summed E-state index contributed by atoms with van der Waals surface area (Å²) in [6.45, 7) is 9.91. The first-order valence-corrected chi connectivity index (χ1v) is 23.8. The van der Waals surface area contributed by atoms with Crippen LogP contribution < -0.4 is 4.90 Å². The second kappa shape index (κ2) is 18.3. The zero-order valence-corrected chi connectivity index (χ0v) is 36.5. The number of rotatable bonds is 18. The zero-order valence-electron chi connectivity index (χ0n) is 33.7. The molecule has 0 saturated carbocycles. The van der Waals surface area contributed by atoms with E-state index in [-0.39, 0.29) is 29.4 Å². The van der Waals surface area contributed by atoms with Crippen molar-refractivity contribution in [1.29, 1.82) is 0 Å². The van der Waals surface area contributed by atoms with Gasteiger partial charge in [-0.2, -0.15) is 13.0 Å². The predicted octanol–water partition coefficient (Wildman–Crippen LogP) is 9.00. The Bertz CT molecular complexity index is 2530. The molecule has 2 aliphatic rings. The first kappa shape index (κ1) is 44.5. The minimum Gasteiger partial charge on any atom is -0.344 e. The summed E-state index contributed by atoms with van der Waals surface area (Å²) < 4.78 is 66.2. The van der Waals surface area contributed by atoms with Crippen LogP contribution in [0, 0.1) is 0 Å². The number of hydrogen-bond acceptors (Lipinski definition) is 8. The normalized spacial score (nSPS) is 19.1. The Kier molecular flexibility index (Phi) is 13.8. The third kappa shape index (κ3) is 10.1. The second-order valence-corrected chi connectivity index (χ2v) is 18.9. The lowest BCUT2D eigenvalue weighted by atomic mass is 9.79. The highest BCUT2D eigenvalue weighted by Crippen LogP contribution is 2.51. The van der Waals surface area contributed by atoms with Crippen LogP contribution in [0.3, 0.4) is 0 Å². The standard InChI is InChI=1S/C44H52N2O10P2S/c1-42(2)38(45(36-26-24-32-18-10-12-20-34(32)40(36)42)29-15-14-28-44(47,55-57(48)49)56-58(50)51)22-8-6-5-7-9-23-39-43(3,4)41-35-21-13-11-19-33(35)25-27-37(41)46(39)30-16-17-31-59(52,53)54/h5-13,18-27,47,57-58H,14-17,28-31H2,1-4H3,(H2-,48,49,50,51,52,53,54)/p+1. The number of benzene rings is 4. The smallest absolute Gasteiger partial charge is 0.320 e.